The van der Waals surface area contributed by atoms with Gasteiger partial charge in [0, 0.05) is 26.2 Å². The molecule has 10 heteroatoms. The van der Waals surface area contributed by atoms with E-state index >= 15 is 0 Å². The molecule has 158 valence electrons. The van der Waals surface area contributed by atoms with Crippen LogP contribution in [-0.2, 0) is 0 Å². The first-order chi connectivity index (χ1) is 15.2. The Kier molecular flexibility index (Phi) is 4.95. The van der Waals surface area contributed by atoms with Crippen molar-refractivity contribution < 1.29 is 13.9 Å². The highest BCUT2D eigenvalue weighted by atomic mass is 16.5. The van der Waals surface area contributed by atoms with Crippen molar-refractivity contribution >= 4 is 22.9 Å². The van der Waals surface area contributed by atoms with E-state index in [1.807, 2.05) is 31.2 Å². The molecule has 4 heterocycles. The number of amides is 1. The van der Waals surface area contributed by atoms with E-state index in [9.17, 15) is 4.79 Å². The predicted molar refractivity (Wildman–Crippen MR) is 112 cm³/mol. The fourth-order valence-electron chi connectivity index (χ4n) is 3.67. The molecule has 0 saturated carbocycles. The number of nitrogens with zero attached hydrogens (tertiary/aromatic N) is 7. The molecule has 5 rings (SSSR count). The molecule has 0 bridgehead atoms. The summed E-state index contributed by atoms with van der Waals surface area (Å²) >= 11 is 0. The highest BCUT2D eigenvalue weighted by Gasteiger charge is 2.26. The van der Waals surface area contributed by atoms with Crippen LogP contribution in [0.2, 0.25) is 0 Å². The van der Waals surface area contributed by atoms with Gasteiger partial charge in [0.15, 0.2) is 22.7 Å². The number of aromatic nitrogens is 5. The summed E-state index contributed by atoms with van der Waals surface area (Å²) in [5, 5.41) is 8.64. The molecule has 0 N–H and O–H groups in total. The van der Waals surface area contributed by atoms with Crippen molar-refractivity contribution in [3.05, 3.63) is 54.7 Å². The van der Waals surface area contributed by atoms with E-state index < -0.39 is 0 Å². The Morgan fingerprint density at radius 1 is 1.10 bits per heavy atom. The molecule has 10 nitrogen and oxygen atoms in total. The van der Waals surface area contributed by atoms with E-state index in [-0.39, 0.29) is 5.91 Å². The number of carbonyl (C=O) groups is 1. The lowest BCUT2D eigenvalue weighted by atomic mass is 10.2. The van der Waals surface area contributed by atoms with E-state index in [0.717, 1.165) is 11.4 Å². The van der Waals surface area contributed by atoms with Gasteiger partial charge in [0.05, 0.1) is 18.6 Å². The number of benzene rings is 1. The van der Waals surface area contributed by atoms with E-state index in [0.29, 0.717) is 55.5 Å². The minimum absolute atomic E-state index is 0.0982. The molecule has 0 atom stereocenters. The number of anilines is 1. The maximum absolute atomic E-state index is 12.5. The Balaban J connectivity index is 1.36. The third kappa shape index (κ3) is 3.56. The van der Waals surface area contributed by atoms with Crippen LogP contribution in [0.1, 0.15) is 17.5 Å². The monoisotopic (exact) mass is 419 g/mol. The molecule has 3 aromatic heterocycles. The minimum atomic E-state index is -0.0982. The second-order valence-electron chi connectivity index (χ2n) is 7.05. The van der Waals surface area contributed by atoms with Crippen molar-refractivity contribution in [1.29, 1.82) is 0 Å². The van der Waals surface area contributed by atoms with Gasteiger partial charge in [-0.05, 0) is 43.3 Å². The predicted octanol–water partition coefficient (Wildman–Crippen LogP) is 2.16. The highest BCUT2D eigenvalue weighted by molar-refractivity contribution is 5.91. The van der Waals surface area contributed by atoms with Gasteiger partial charge in [-0.3, -0.25) is 4.79 Å². The van der Waals surface area contributed by atoms with Gasteiger partial charge in [-0.1, -0.05) is 5.21 Å². The summed E-state index contributed by atoms with van der Waals surface area (Å²) in [6.07, 6.45) is 3.03. The van der Waals surface area contributed by atoms with E-state index in [1.165, 1.54) is 12.6 Å². The van der Waals surface area contributed by atoms with Gasteiger partial charge in [0.1, 0.15) is 12.1 Å². The number of ether oxygens (including phenoxy) is 1. The molecule has 1 amide bonds. The first-order valence-corrected chi connectivity index (χ1v) is 10.1. The summed E-state index contributed by atoms with van der Waals surface area (Å²) in [5.41, 5.74) is 2.09. The van der Waals surface area contributed by atoms with Gasteiger partial charge in [-0.25, -0.2) is 9.97 Å². The lowest BCUT2D eigenvalue weighted by Gasteiger charge is -2.34. The van der Waals surface area contributed by atoms with Crippen molar-refractivity contribution in [1.82, 2.24) is 29.9 Å². The zero-order chi connectivity index (χ0) is 21.2. The lowest BCUT2D eigenvalue weighted by Crippen LogP contribution is -2.49. The Hall–Kier alpha value is -3.95. The van der Waals surface area contributed by atoms with Crippen LogP contribution in [0.25, 0.3) is 16.9 Å². The number of hydrogen-bond donors (Lipinski definition) is 0. The van der Waals surface area contributed by atoms with Crippen molar-refractivity contribution in [2.45, 2.75) is 6.92 Å². The Bertz CT molecular complexity index is 1180. The maximum Gasteiger partial charge on any atom is 0.289 e. The van der Waals surface area contributed by atoms with Gasteiger partial charge in [-0.15, -0.1) is 5.10 Å². The zero-order valence-electron chi connectivity index (χ0n) is 17.0. The molecule has 4 aromatic rings. The second-order valence-corrected chi connectivity index (χ2v) is 7.05. The quantitative estimate of drug-likeness (QED) is 0.485. The molecule has 1 saturated heterocycles. The number of rotatable bonds is 5. The van der Waals surface area contributed by atoms with Crippen LogP contribution in [0.4, 0.5) is 5.82 Å². The number of piperazine rings is 1. The first kappa shape index (κ1) is 19.0. The van der Waals surface area contributed by atoms with Crippen LogP contribution in [0.15, 0.2) is 53.4 Å². The summed E-state index contributed by atoms with van der Waals surface area (Å²) in [7, 11) is 0. The van der Waals surface area contributed by atoms with E-state index in [1.54, 1.807) is 21.7 Å². The smallest absolute Gasteiger partial charge is 0.289 e. The molecule has 0 unspecified atom stereocenters. The van der Waals surface area contributed by atoms with Crippen molar-refractivity contribution in [2.75, 3.05) is 37.7 Å². The summed E-state index contributed by atoms with van der Waals surface area (Å²) in [5.74, 6) is 1.77. The van der Waals surface area contributed by atoms with Crippen LogP contribution in [-0.4, -0.2) is 68.6 Å². The summed E-state index contributed by atoms with van der Waals surface area (Å²) in [6.45, 7) is 4.96. The van der Waals surface area contributed by atoms with Crippen LogP contribution in [0.5, 0.6) is 5.75 Å². The van der Waals surface area contributed by atoms with Gasteiger partial charge in [0.25, 0.3) is 5.91 Å². The molecular weight excluding hydrogens is 398 g/mol. The highest BCUT2D eigenvalue weighted by Crippen LogP contribution is 2.24. The summed E-state index contributed by atoms with van der Waals surface area (Å²) < 4.78 is 12.4. The topological polar surface area (TPSA) is 102 Å². The Morgan fingerprint density at radius 3 is 2.61 bits per heavy atom. The minimum Gasteiger partial charge on any atom is -0.494 e. The number of carbonyl (C=O) groups excluding carboxylic acids is 1. The van der Waals surface area contributed by atoms with Gasteiger partial charge >= 0.3 is 0 Å². The van der Waals surface area contributed by atoms with Crippen molar-refractivity contribution in [2.24, 2.45) is 0 Å². The SMILES string of the molecule is CCOc1ccc(-n2nnc3c(N4CCN(C(=O)c5ccco5)CC4)ncnc32)cc1. The Labute approximate surface area is 178 Å². The van der Waals surface area contributed by atoms with E-state index in [2.05, 4.69) is 25.2 Å². The first-order valence-electron chi connectivity index (χ1n) is 10.1. The second kappa shape index (κ2) is 8.05. The standard InChI is InChI=1S/C21H21N7O3/c1-2-30-16-7-5-15(6-8-16)28-20-18(24-25-28)19(22-14-23-20)26-9-11-27(12-10-26)21(29)17-4-3-13-31-17/h3-8,13-14H,2,9-12H2,1H3. The Morgan fingerprint density at radius 2 is 1.90 bits per heavy atom. The molecule has 1 aliphatic rings. The fourth-order valence-corrected chi connectivity index (χ4v) is 3.67. The van der Waals surface area contributed by atoms with Crippen LogP contribution in [0, 0.1) is 0 Å². The van der Waals surface area contributed by atoms with E-state index in [4.69, 9.17) is 9.15 Å². The summed E-state index contributed by atoms with van der Waals surface area (Å²) in [6, 6.07) is 11.0. The van der Waals surface area contributed by atoms with Crippen LogP contribution >= 0.6 is 0 Å². The normalized spacial score (nSPS) is 14.2. The molecule has 1 fully saturated rings. The van der Waals surface area contributed by atoms with Gasteiger partial charge < -0.3 is 19.0 Å². The molecule has 31 heavy (non-hydrogen) atoms. The van der Waals surface area contributed by atoms with Gasteiger partial charge in [-0.2, -0.15) is 4.68 Å². The zero-order valence-corrected chi connectivity index (χ0v) is 17.0. The molecule has 0 spiro atoms. The third-order valence-corrected chi connectivity index (χ3v) is 5.21. The van der Waals surface area contributed by atoms with Crippen molar-refractivity contribution in [3.63, 3.8) is 0 Å². The third-order valence-electron chi connectivity index (χ3n) is 5.21. The molecule has 1 aromatic carbocycles. The molecule has 1 aliphatic heterocycles. The number of fused-ring (bicyclic) bond motifs is 1. The van der Waals surface area contributed by atoms with Gasteiger partial charge in [0.2, 0.25) is 0 Å². The van der Waals surface area contributed by atoms with Crippen molar-refractivity contribution in [3.8, 4) is 11.4 Å². The van der Waals surface area contributed by atoms with Crippen LogP contribution in [0.3, 0.4) is 0 Å². The largest absolute Gasteiger partial charge is 0.494 e. The van der Waals surface area contributed by atoms with Crippen LogP contribution < -0.4 is 9.64 Å². The number of hydrogen-bond acceptors (Lipinski definition) is 8. The average molecular weight is 419 g/mol. The summed E-state index contributed by atoms with van der Waals surface area (Å²) in [4.78, 5) is 25.2. The average Bonchev–Trinajstić information content (AvgIpc) is 3.50. The fraction of sp³-hybridized carbons (Fsp3) is 0.286. The maximum atomic E-state index is 12.5. The number of furan rings is 1. The molecule has 0 aliphatic carbocycles. The lowest BCUT2D eigenvalue weighted by molar-refractivity contribution is 0.0714. The molecular formula is C21H21N7O3. The molecule has 0 radical (unpaired) electrons.